The van der Waals surface area contributed by atoms with Crippen molar-refractivity contribution >= 4 is 9.84 Å². The van der Waals surface area contributed by atoms with E-state index in [0.717, 1.165) is 0 Å². The standard InChI is InChI=1S/C18H31NO3S/c1-14-6-5-9-17(3,4)16(14)8-7-15(2)19-12-18(20)10-11-23(21,22)13-18/h7-8,15,19-20H,5-6,9-13H2,1-4H3. The number of hydrogen-bond acceptors (Lipinski definition) is 4. The van der Waals surface area contributed by atoms with Gasteiger partial charge in [-0.2, -0.15) is 0 Å². The lowest BCUT2D eigenvalue weighted by Crippen LogP contribution is -2.44. The number of hydrogen-bond donors (Lipinski definition) is 2. The summed E-state index contributed by atoms with van der Waals surface area (Å²) in [7, 11) is -3.07. The molecule has 0 saturated carbocycles. The van der Waals surface area contributed by atoms with Gasteiger partial charge < -0.3 is 10.4 Å². The molecule has 0 aromatic rings. The lowest BCUT2D eigenvalue weighted by atomic mass is 9.72. The smallest absolute Gasteiger partial charge is 0.153 e. The quantitative estimate of drug-likeness (QED) is 0.807. The predicted octanol–water partition coefficient (Wildman–Crippen LogP) is 2.60. The molecule has 2 N–H and O–H groups in total. The van der Waals surface area contributed by atoms with E-state index >= 15 is 0 Å². The van der Waals surface area contributed by atoms with Gasteiger partial charge in [-0.3, -0.25) is 0 Å². The zero-order chi connectivity index (χ0) is 17.3. The molecule has 2 atom stereocenters. The molecule has 1 heterocycles. The Morgan fingerprint density at radius 1 is 1.35 bits per heavy atom. The minimum Gasteiger partial charge on any atom is -0.387 e. The maximum atomic E-state index is 11.5. The molecule has 1 saturated heterocycles. The van der Waals surface area contributed by atoms with Gasteiger partial charge in [-0.1, -0.05) is 31.6 Å². The van der Waals surface area contributed by atoms with Crippen LogP contribution in [0.1, 0.15) is 53.4 Å². The van der Waals surface area contributed by atoms with Crippen LogP contribution in [0.4, 0.5) is 0 Å². The zero-order valence-corrected chi connectivity index (χ0v) is 15.7. The maximum Gasteiger partial charge on any atom is 0.153 e. The first-order valence-electron chi connectivity index (χ1n) is 8.58. The third kappa shape index (κ3) is 4.91. The molecule has 2 aliphatic rings. The van der Waals surface area contributed by atoms with Crippen molar-refractivity contribution in [2.24, 2.45) is 5.41 Å². The van der Waals surface area contributed by atoms with Gasteiger partial charge in [0.05, 0.1) is 17.1 Å². The highest BCUT2D eigenvalue weighted by atomic mass is 32.2. The molecule has 1 fully saturated rings. The Morgan fingerprint density at radius 3 is 2.61 bits per heavy atom. The van der Waals surface area contributed by atoms with Crippen molar-refractivity contribution in [1.29, 1.82) is 0 Å². The summed E-state index contributed by atoms with van der Waals surface area (Å²) >= 11 is 0. The molecule has 132 valence electrons. The van der Waals surface area contributed by atoms with Gasteiger partial charge in [0.25, 0.3) is 0 Å². The van der Waals surface area contributed by atoms with Crippen molar-refractivity contribution in [3.8, 4) is 0 Å². The molecule has 1 aliphatic carbocycles. The minimum atomic E-state index is -3.07. The number of aliphatic hydroxyl groups is 1. The Hall–Kier alpha value is -0.650. The highest BCUT2D eigenvalue weighted by Crippen LogP contribution is 2.40. The summed E-state index contributed by atoms with van der Waals surface area (Å²) in [6, 6.07) is 0.0976. The van der Waals surface area contributed by atoms with E-state index in [1.54, 1.807) is 0 Å². The van der Waals surface area contributed by atoms with Gasteiger partial charge in [0, 0.05) is 12.6 Å². The van der Waals surface area contributed by atoms with Crippen LogP contribution in [0.3, 0.4) is 0 Å². The Kier molecular flexibility index (Phi) is 5.44. The second-order valence-electron chi connectivity index (χ2n) is 8.03. The molecular weight excluding hydrogens is 310 g/mol. The van der Waals surface area contributed by atoms with Crippen LogP contribution in [-0.2, 0) is 9.84 Å². The topological polar surface area (TPSA) is 66.4 Å². The van der Waals surface area contributed by atoms with Crippen LogP contribution in [0, 0.1) is 5.41 Å². The minimum absolute atomic E-state index is 0.0929. The van der Waals surface area contributed by atoms with Gasteiger partial charge in [0.2, 0.25) is 0 Å². The predicted molar refractivity (Wildman–Crippen MR) is 95.2 cm³/mol. The number of allylic oxidation sites excluding steroid dienone is 3. The van der Waals surface area contributed by atoms with E-state index in [1.165, 1.54) is 30.4 Å². The molecule has 0 spiro atoms. The van der Waals surface area contributed by atoms with E-state index in [2.05, 4.69) is 38.2 Å². The van der Waals surface area contributed by atoms with E-state index < -0.39 is 15.4 Å². The van der Waals surface area contributed by atoms with Crippen molar-refractivity contribution in [3.63, 3.8) is 0 Å². The highest BCUT2D eigenvalue weighted by Gasteiger charge is 2.40. The van der Waals surface area contributed by atoms with Gasteiger partial charge in [-0.05, 0) is 50.5 Å². The summed E-state index contributed by atoms with van der Waals surface area (Å²) in [5.74, 6) is -0.0314. The first kappa shape index (κ1) is 18.7. The fourth-order valence-electron chi connectivity index (χ4n) is 3.71. The van der Waals surface area contributed by atoms with Crippen LogP contribution in [0.15, 0.2) is 23.3 Å². The number of nitrogens with one attached hydrogen (secondary N) is 1. The van der Waals surface area contributed by atoms with E-state index in [0.29, 0.717) is 13.0 Å². The van der Waals surface area contributed by atoms with Crippen LogP contribution in [0.2, 0.25) is 0 Å². The number of rotatable bonds is 5. The Labute approximate surface area is 141 Å². The highest BCUT2D eigenvalue weighted by molar-refractivity contribution is 7.91. The molecule has 2 rings (SSSR count). The SMILES string of the molecule is CC1=C(C=CC(C)NCC2(O)CCS(=O)(=O)C2)C(C)(C)CCC1. The lowest BCUT2D eigenvalue weighted by molar-refractivity contribution is 0.0661. The summed E-state index contributed by atoms with van der Waals surface area (Å²) in [5, 5.41) is 13.6. The van der Waals surface area contributed by atoms with Crippen molar-refractivity contribution in [3.05, 3.63) is 23.3 Å². The van der Waals surface area contributed by atoms with E-state index in [4.69, 9.17) is 0 Å². The van der Waals surface area contributed by atoms with Gasteiger partial charge in [0.1, 0.15) is 0 Å². The molecule has 0 amide bonds. The van der Waals surface area contributed by atoms with Crippen LogP contribution in [0.5, 0.6) is 0 Å². The van der Waals surface area contributed by atoms with E-state index in [9.17, 15) is 13.5 Å². The zero-order valence-electron chi connectivity index (χ0n) is 14.9. The molecule has 1 aliphatic heterocycles. The molecule has 5 heteroatoms. The average molecular weight is 342 g/mol. The van der Waals surface area contributed by atoms with Crippen molar-refractivity contribution in [2.45, 2.75) is 65.0 Å². The molecule has 0 aromatic heterocycles. The van der Waals surface area contributed by atoms with Gasteiger partial charge >= 0.3 is 0 Å². The first-order chi connectivity index (χ1) is 10.5. The Balaban J connectivity index is 1.93. The van der Waals surface area contributed by atoms with Gasteiger partial charge in [-0.25, -0.2) is 8.42 Å². The first-order valence-corrected chi connectivity index (χ1v) is 10.4. The molecule has 0 bridgehead atoms. The van der Waals surface area contributed by atoms with Gasteiger partial charge in [0.15, 0.2) is 9.84 Å². The van der Waals surface area contributed by atoms with Crippen molar-refractivity contribution < 1.29 is 13.5 Å². The lowest BCUT2D eigenvalue weighted by Gasteiger charge is -2.33. The fraction of sp³-hybridized carbons (Fsp3) is 0.778. The Bertz CT molecular complexity index is 604. The van der Waals surface area contributed by atoms with Crippen LogP contribution in [0.25, 0.3) is 0 Å². The summed E-state index contributed by atoms with van der Waals surface area (Å²) < 4.78 is 23.0. The van der Waals surface area contributed by atoms with Crippen molar-refractivity contribution in [2.75, 3.05) is 18.1 Å². The third-order valence-corrected chi connectivity index (χ3v) is 7.02. The molecule has 4 nitrogen and oxygen atoms in total. The van der Waals surface area contributed by atoms with E-state index in [1.807, 2.05) is 6.92 Å². The van der Waals surface area contributed by atoms with Crippen LogP contribution >= 0.6 is 0 Å². The van der Waals surface area contributed by atoms with Crippen LogP contribution in [-0.4, -0.2) is 43.2 Å². The average Bonchev–Trinajstić information content (AvgIpc) is 2.70. The summed E-state index contributed by atoms with van der Waals surface area (Å²) in [6.45, 7) is 9.15. The monoisotopic (exact) mass is 341 g/mol. The molecule has 0 radical (unpaired) electrons. The normalized spacial score (nSPS) is 31.7. The molecule has 2 unspecified atom stereocenters. The maximum absolute atomic E-state index is 11.5. The van der Waals surface area contributed by atoms with Gasteiger partial charge in [-0.15, -0.1) is 0 Å². The second kappa shape index (κ2) is 6.69. The largest absolute Gasteiger partial charge is 0.387 e. The number of sulfone groups is 1. The third-order valence-electron chi connectivity index (χ3n) is 5.21. The summed E-state index contributed by atoms with van der Waals surface area (Å²) in [4.78, 5) is 0. The second-order valence-corrected chi connectivity index (χ2v) is 10.2. The summed E-state index contributed by atoms with van der Waals surface area (Å²) in [5.41, 5.74) is 1.99. The Morgan fingerprint density at radius 2 is 2.04 bits per heavy atom. The molecule has 23 heavy (non-hydrogen) atoms. The van der Waals surface area contributed by atoms with E-state index in [-0.39, 0.29) is 23.0 Å². The fourth-order valence-corrected chi connectivity index (χ4v) is 5.61. The molecule has 0 aromatic carbocycles. The van der Waals surface area contributed by atoms with Crippen molar-refractivity contribution in [1.82, 2.24) is 5.32 Å². The van der Waals surface area contributed by atoms with Crippen LogP contribution < -0.4 is 5.32 Å². The molecular formula is C18H31NO3S. The summed E-state index contributed by atoms with van der Waals surface area (Å²) in [6.07, 6.45) is 8.30.